The zero-order valence-electron chi connectivity index (χ0n) is 13.4. The normalized spacial score (nSPS) is 10.4. The van der Waals surface area contributed by atoms with E-state index < -0.39 is 5.97 Å². The highest BCUT2D eigenvalue weighted by Crippen LogP contribution is 2.31. The minimum atomic E-state index is -0.928. The summed E-state index contributed by atoms with van der Waals surface area (Å²) >= 11 is 0. The number of benzene rings is 3. The molecule has 0 heterocycles. The summed E-state index contributed by atoms with van der Waals surface area (Å²) in [5.41, 5.74) is 4.00. The molecule has 0 aliphatic carbocycles. The molecule has 3 aromatic carbocycles. The van der Waals surface area contributed by atoms with Crippen molar-refractivity contribution in [2.45, 2.75) is 13.5 Å². The Kier molecular flexibility index (Phi) is 4.62. The molecule has 3 nitrogen and oxygen atoms in total. The molecule has 24 heavy (non-hydrogen) atoms. The molecule has 0 unspecified atom stereocenters. The van der Waals surface area contributed by atoms with Crippen LogP contribution in [0.3, 0.4) is 0 Å². The van der Waals surface area contributed by atoms with E-state index in [2.05, 4.69) is 0 Å². The number of ether oxygens (including phenoxy) is 1. The van der Waals surface area contributed by atoms with Gasteiger partial charge in [0.15, 0.2) is 0 Å². The van der Waals surface area contributed by atoms with E-state index in [1.807, 2.05) is 67.6 Å². The number of aryl methyl sites for hydroxylation is 1. The molecule has 3 aromatic rings. The molecular weight excluding hydrogens is 300 g/mol. The van der Waals surface area contributed by atoms with Gasteiger partial charge in [-0.2, -0.15) is 0 Å². The maximum absolute atomic E-state index is 11.3. The zero-order chi connectivity index (χ0) is 16.9. The Bertz CT molecular complexity index is 854. The molecule has 0 fully saturated rings. The predicted octanol–water partition coefficient (Wildman–Crippen LogP) is 4.94. The molecular formula is C21H18O3. The Hall–Kier alpha value is -3.07. The topological polar surface area (TPSA) is 46.5 Å². The fourth-order valence-corrected chi connectivity index (χ4v) is 2.63. The van der Waals surface area contributed by atoms with Crippen LogP contribution in [0.5, 0.6) is 5.75 Å². The number of hydrogen-bond acceptors (Lipinski definition) is 2. The molecule has 0 atom stereocenters. The van der Waals surface area contributed by atoms with E-state index in [-0.39, 0.29) is 5.56 Å². The van der Waals surface area contributed by atoms with Crippen LogP contribution in [-0.2, 0) is 6.61 Å². The van der Waals surface area contributed by atoms with E-state index >= 15 is 0 Å². The van der Waals surface area contributed by atoms with Crippen LogP contribution in [0.2, 0.25) is 0 Å². The highest BCUT2D eigenvalue weighted by Gasteiger charge is 2.10. The van der Waals surface area contributed by atoms with Crippen LogP contribution >= 0.6 is 0 Å². The summed E-state index contributed by atoms with van der Waals surface area (Å²) in [7, 11) is 0. The third-order valence-corrected chi connectivity index (χ3v) is 3.76. The number of rotatable bonds is 5. The first kappa shape index (κ1) is 15.8. The molecule has 3 rings (SSSR count). The van der Waals surface area contributed by atoms with Gasteiger partial charge in [-0.15, -0.1) is 0 Å². The lowest BCUT2D eigenvalue weighted by molar-refractivity contribution is 0.0697. The number of carboxylic acids is 1. The van der Waals surface area contributed by atoms with Gasteiger partial charge < -0.3 is 9.84 Å². The summed E-state index contributed by atoms with van der Waals surface area (Å²) in [6.07, 6.45) is 0. The molecule has 0 amide bonds. The largest absolute Gasteiger partial charge is 0.488 e. The van der Waals surface area contributed by atoms with Crippen molar-refractivity contribution in [3.8, 4) is 16.9 Å². The van der Waals surface area contributed by atoms with Crippen LogP contribution in [0.1, 0.15) is 21.5 Å². The number of carboxylic acid groups (broad SMARTS) is 1. The first-order valence-electron chi connectivity index (χ1n) is 7.74. The summed E-state index contributed by atoms with van der Waals surface area (Å²) in [6.45, 7) is 2.36. The molecule has 0 aromatic heterocycles. The summed E-state index contributed by atoms with van der Waals surface area (Å²) in [6, 6.07) is 22.9. The number of para-hydroxylation sites is 1. The average Bonchev–Trinajstić information content (AvgIpc) is 2.60. The first-order valence-corrected chi connectivity index (χ1v) is 7.74. The quantitative estimate of drug-likeness (QED) is 0.725. The standard InChI is InChI=1S/C21H18O3/c1-15-11-17(13-18(12-15)21(22)23)19-9-5-6-10-20(19)24-14-16-7-3-2-4-8-16/h2-13H,14H2,1H3,(H,22,23). The van der Waals surface area contributed by atoms with Crippen LogP contribution in [0, 0.1) is 6.92 Å². The molecule has 0 radical (unpaired) electrons. The van der Waals surface area contributed by atoms with E-state index in [4.69, 9.17) is 4.74 Å². The van der Waals surface area contributed by atoms with Crippen molar-refractivity contribution in [3.05, 3.63) is 89.5 Å². The lowest BCUT2D eigenvalue weighted by Gasteiger charge is -2.13. The van der Waals surface area contributed by atoms with E-state index in [0.717, 1.165) is 28.0 Å². The Morgan fingerprint density at radius 1 is 0.958 bits per heavy atom. The van der Waals surface area contributed by atoms with Crippen LogP contribution in [0.25, 0.3) is 11.1 Å². The fraction of sp³-hybridized carbons (Fsp3) is 0.0952. The molecule has 0 bridgehead atoms. The van der Waals surface area contributed by atoms with E-state index in [0.29, 0.717) is 6.61 Å². The lowest BCUT2D eigenvalue weighted by atomic mass is 9.99. The predicted molar refractivity (Wildman–Crippen MR) is 94.3 cm³/mol. The molecule has 0 spiro atoms. The molecule has 120 valence electrons. The van der Waals surface area contributed by atoms with Gasteiger partial charge in [-0.05, 0) is 41.8 Å². The Morgan fingerprint density at radius 2 is 1.67 bits per heavy atom. The Labute approximate surface area is 141 Å². The second-order valence-electron chi connectivity index (χ2n) is 5.66. The Morgan fingerprint density at radius 3 is 2.42 bits per heavy atom. The van der Waals surface area contributed by atoms with Crippen LogP contribution in [-0.4, -0.2) is 11.1 Å². The van der Waals surface area contributed by atoms with Gasteiger partial charge in [-0.3, -0.25) is 0 Å². The third-order valence-electron chi connectivity index (χ3n) is 3.76. The number of hydrogen-bond donors (Lipinski definition) is 1. The summed E-state index contributed by atoms with van der Waals surface area (Å²) in [5.74, 6) is -0.189. The van der Waals surface area contributed by atoms with Crippen molar-refractivity contribution in [2.24, 2.45) is 0 Å². The molecule has 0 saturated heterocycles. The van der Waals surface area contributed by atoms with E-state index in [9.17, 15) is 9.90 Å². The minimum absolute atomic E-state index is 0.280. The van der Waals surface area contributed by atoms with Crippen LogP contribution < -0.4 is 4.74 Å². The van der Waals surface area contributed by atoms with Crippen molar-refractivity contribution in [2.75, 3.05) is 0 Å². The van der Waals surface area contributed by atoms with Gasteiger partial charge in [0.2, 0.25) is 0 Å². The highest BCUT2D eigenvalue weighted by atomic mass is 16.5. The van der Waals surface area contributed by atoms with Crippen molar-refractivity contribution in [1.29, 1.82) is 0 Å². The van der Waals surface area contributed by atoms with Gasteiger partial charge in [-0.25, -0.2) is 4.79 Å². The molecule has 0 saturated carbocycles. The average molecular weight is 318 g/mol. The molecule has 0 aliphatic heterocycles. The van der Waals surface area contributed by atoms with Crippen molar-refractivity contribution in [3.63, 3.8) is 0 Å². The second kappa shape index (κ2) is 7.01. The Balaban J connectivity index is 1.93. The van der Waals surface area contributed by atoms with Crippen LogP contribution in [0.4, 0.5) is 0 Å². The minimum Gasteiger partial charge on any atom is -0.488 e. The third kappa shape index (κ3) is 3.63. The van der Waals surface area contributed by atoms with Gasteiger partial charge >= 0.3 is 5.97 Å². The smallest absolute Gasteiger partial charge is 0.335 e. The monoisotopic (exact) mass is 318 g/mol. The van der Waals surface area contributed by atoms with Crippen molar-refractivity contribution < 1.29 is 14.6 Å². The van der Waals surface area contributed by atoms with Gasteiger partial charge in [0.25, 0.3) is 0 Å². The summed E-state index contributed by atoms with van der Waals surface area (Å²) in [4.78, 5) is 11.3. The lowest BCUT2D eigenvalue weighted by Crippen LogP contribution is -1.99. The SMILES string of the molecule is Cc1cc(C(=O)O)cc(-c2ccccc2OCc2ccccc2)c1. The number of aromatic carboxylic acids is 1. The van der Waals surface area contributed by atoms with Gasteiger partial charge in [0.1, 0.15) is 12.4 Å². The summed E-state index contributed by atoms with van der Waals surface area (Å²) < 4.78 is 5.97. The second-order valence-corrected chi connectivity index (χ2v) is 5.66. The molecule has 1 N–H and O–H groups in total. The maximum atomic E-state index is 11.3. The maximum Gasteiger partial charge on any atom is 0.335 e. The summed E-state index contributed by atoms with van der Waals surface area (Å²) in [5, 5.41) is 9.27. The van der Waals surface area contributed by atoms with Crippen LogP contribution in [0.15, 0.2) is 72.8 Å². The number of carbonyl (C=O) groups is 1. The van der Waals surface area contributed by atoms with Crippen molar-refractivity contribution >= 4 is 5.97 Å². The molecule has 0 aliphatic rings. The zero-order valence-corrected chi connectivity index (χ0v) is 13.4. The van der Waals surface area contributed by atoms with E-state index in [1.54, 1.807) is 12.1 Å². The van der Waals surface area contributed by atoms with Crippen molar-refractivity contribution in [1.82, 2.24) is 0 Å². The first-order chi connectivity index (χ1) is 11.6. The van der Waals surface area contributed by atoms with Gasteiger partial charge in [0.05, 0.1) is 5.56 Å². The fourth-order valence-electron chi connectivity index (χ4n) is 2.63. The van der Waals surface area contributed by atoms with E-state index in [1.165, 1.54) is 0 Å². The van der Waals surface area contributed by atoms with Gasteiger partial charge in [-0.1, -0.05) is 54.6 Å². The highest BCUT2D eigenvalue weighted by molar-refractivity contribution is 5.90. The molecule has 3 heteroatoms. The van der Waals surface area contributed by atoms with Gasteiger partial charge in [0, 0.05) is 5.56 Å².